The number of piperazine rings is 1. The Bertz CT molecular complexity index is 710. The number of benzene rings is 1. The average Bonchev–Trinajstić information content (AvgIpc) is 2.72. The molecule has 1 aromatic carbocycles. The number of hydrogen-bond acceptors (Lipinski definition) is 3. The van der Waals surface area contributed by atoms with E-state index in [9.17, 15) is 9.59 Å². The maximum absolute atomic E-state index is 13.5. The lowest BCUT2D eigenvalue weighted by atomic mass is 9.75. The Morgan fingerprint density at radius 2 is 1.72 bits per heavy atom. The number of aryl methyl sites for hydroxylation is 2. The third-order valence-corrected chi connectivity index (χ3v) is 6.74. The molecule has 162 valence electrons. The van der Waals surface area contributed by atoms with E-state index in [4.69, 9.17) is 5.73 Å². The van der Waals surface area contributed by atoms with Crippen LogP contribution < -0.4 is 10.6 Å². The maximum Gasteiger partial charge on any atom is 0.238 e. The van der Waals surface area contributed by atoms with Crippen LogP contribution in [0.15, 0.2) is 18.2 Å². The number of carbonyl (C=O) groups excluding carboxylic acids is 2. The van der Waals surface area contributed by atoms with E-state index in [-0.39, 0.29) is 5.91 Å². The van der Waals surface area contributed by atoms with E-state index < -0.39 is 11.3 Å². The number of amides is 2. The van der Waals surface area contributed by atoms with Crippen molar-refractivity contribution in [3.63, 3.8) is 0 Å². The van der Waals surface area contributed by atoms with Crippen LogP contribution in [0.1, 0.15) is 64.0 Å². The predicted octanol–water partition coefficient (Wildman–Crippen LogP) is 4.05. The Kier molecular flexibility index (Phi) is 8.12. The fourth-order valence-corrected chi connectivity index (χ4v) is 4.21. The fourth-order valence-electron chi connectivity index (χ4n) is 4.21. The Morgan fingerprint density at radius 1 is 1.07 bits per heavy atom. The van der Waals surface area contributed by atoms with Crippen LogP contribution in [0.3, 0.4) is 0 Å². The number of hydrogen-bond donors (Lipinski definition) is 1. The van der Waals surface area contributed by atoms with Crippen molar-refractivity contribution in [1.29, 1.82) is 0 Å². The van der Waals surface area contributed by atoms with Gasteiger partial charge in [-0.3, -0.25) is 9.59 Å². The predicted molar refractivity (Wildman–Crippen MR) is 120 cm³/mol. The average molecular weight is 402 g/mol. The maximum atomic E-state index is 13.5. The van der Waals surface area contributed by atoms with Crippen molar-refractivity contribution >= 4 is 17.5 Å². The summed E-state index contributed by atoms with van der Waals surface area (Å²) in [5.41, 5.74) is 8.56. The molecule has 2 rings (SSSR count). The highest BCUT2D eigenvalue weighted by molar-refractivity contribution is 6.04. The molecule has 0 aliphatic carbocycles. The van der Waals surface area contributed by atoms with Gasteiger partial charge in [-0.1, -0.05) is 39.7 Å². The van der Waals surface area contributed by atoms with Crippen LogP contribution in [0, 0.1) is 25.2 Å². The summed E-state index contributed by atoms with van der Waals surface area (Å²) in [5.74, 6) is -0.0286. The number of nitrogens with two attached hydrogens (primary N) is 1. The Labute approximate surface area is 176 Å². The molecule has 29 heavy (non-hydrogen) atoms. The molecule has 2 amide bonds. The molecule has 1 fully saturated rings. The standard InChI is InChI=1S/C24H39N3O2/c1-6-11-24(22(25)28,12-10-18(3)7-2)23(29)27-15-13-26(14-16-27)21-9-8-19(4)20(5)17-21/h8-9,17-18H,6-7,10-16H2,1-5H3,(H2,25,28)/t18-,24+/m1/s1. The summed E-state index contributed by atoms with van der Waals surface area (Å²) in [7, 11) is 0. The molecule has 1 aliphatic heterocycles. The molecule has 0 bridgehead atoms. The molecule has 5 nitrogen and oxygen atoms in total. The van der Waals surface area contributed by atoms with Crippen LogP contribution in [0.5, 0.6) is 0 Å². The number of nitrogens with zero attached hydrogens (tertiary/aromatic N) is 2. The highest BCUT2D eigenvalue weighted by Crippen LogP contribution is 2.35. The fraction of sp³-hybridized carbons (Fsp3) is 0.667. The molecule has 5 heteroatoms. The number of anilines is 1. The van der Waals surface area contributed by atoms with Crippen LogP contribution in [-0.2, 0) is 9.59 Å². The van der Waals surface area contributed by atoms with E-state index in [0.29, 0.717) is 31.8 Å². The zero-order valence-electron chi connectivity index (χ0n) is 19.0. The van der Waals surface area contributed by atoms with Crippen LogP contribution in [-0.4, -0.2) is 42.9 Å². The van der Waals surface area contributed by atoms with Gasteiger partial charge < -0.3 is 15.5 Å². The lowest BCUT2D eigenvalue weighted by Crippen LogP contribution is -2.56. The van der Waals surface area contributed by atoms with Crippen molar-refractivity contribution in [3.05, 3.63) is 29.3 Å². The van der Waals surface area contributed by atoms with Crippen LogP contribution in [0.4, 0.5) is 5.69 Å². The molecule has 2 atom stereocenters. The molecule has 1 saturated heterocycles. The molecule has 0 aromatic heterocycles. The van der Waals surface area contributed by atoms with Gasteiger partial charge in [0.25, 0.3) is 0 Å². The van der Waals surface area contributed by atoms with Gasteiger partial charge in [0.05, 0.1) is 0 Å². The topological polar surface area (TPSA) is 66.6 Å². The van der Waals surface area contributed by atoms with Gasteiger partial charge in [-0.05, 0) is 62.3 Å². The molecule has 1 aliphatic rings. The van der Waals surface area contributed by atoms with Crippen molar-refractivity contribution in [2.24, 2.45) is 17.1 Å². The summed E-state index contributed by atoms with van der Waals surface area (Å²) < 4.78 is 0. The normalized spacial score (nSPS) is 17.7. The Morgan fingerprint density at radius 3 is 2.24 bits per heavy atom. The highest BCUT2D eigenvalue weighted by atomic mass is 16.2. The Balaban J connectivity index is 2.11. The summed E-state index contributed by atoms with van der Waals surface area (Å²) in [6, 6.07) is 6.51. The van der Waals surface area contributed by atoms with Gasteiger partial charge >= 0.3 is 0 Å². The summed E-state index contributed by atoms with van der Waals surface area (Å²) in [5, 5.41) is 0. The zero-order chi connectivity index (χ0) is 21.6. The lowest BCUT2D eigenvalue weighted by Gasteiger charge is -2.41. The molecule has 1 heterocycles. The first kappa shape index (κ1) is 23.2. The monoisotopic (exact) mass is 401 g/mol. The van der Waals surface area contributed by atoms with Crippen LogP contribution in [0.25, 0.3) is 0 Å². The second-order valence-electron chi connectivity index (χ2n) is 8.80. The van der Waals surface area contributed by atoms with Crippen molar-refractivity contribution in [2.75, 3.05) is 31.1 Å². The molecule has 0 spiro atoms. The van der Waals surface area contributed by atoms with Crippen molar-refractivity contribution in [1.82, 2.24) is 4.90 Å². The minimum atomic E-state index is -1.05. The number of rotatable bonds is 9. The minimum Gasteiger partial charge on any atom is -0.369 e. The SMILES string of the molecule is CCC[C@](CC[C@H](C)CC)(C(N)=O)C(=O)N1CCN(c2ccc(C)c(C)c2)CC1. The number of primary amides is 1. The second-order valence-corrected chi connectivity index (χ2v) is 8.80. The van der Waals surface area contributed by atoms with Gasteiger partial charge in [-0.2, -0.15) is 0 Å². The van der Waals surface area contributed by atoms with E-state index in [0.717, 1.165) is 32.4 Å². The molecule has 2 N–H and O–H groups in total. The molecule has 0 unspecified atom stereocenters. The van der Waals surface area contributed by atoms with E-state index in [1.807, 2.05) is 11.8 Å². The first-order chi connectivity index (χ1) is 13.7. The quantitative estimate of drug-likeness (QED) is 0.635. The smallest absolute Gasteiger partial charge is 0.238 e. The van der Waals surface area contributed by atoms with Gasteiger partial charge in [0, 0.05) is 31.9 Å². The second kappa shape index (κ2) is 10.1. The van der Waals surface area contributed by atoms with Crippen LogP contribution in [0.2, 0.25) is 0 Å². The van der Waals surface area contributed by atoms with Gasteiger partial charge in [0.1, 0.15) is 5.41 Å². The van der Waals surface area contributed by atoms with Gasteiger partial charge in [-0.15, -0.1) is 0 Å². The van der Waals surface area contributed by atoms with E-state index >= 15 is 0 Å². The summed E-state index contributed by atoms with van der Waals surface area (Å²) in [4.78, 5) is 30.2. The summed E-state index contributed by atoms with van der Waals surface area (Å²) in [6.07, 6.45) is 3.77. The van der Waals surface area contributed by atoms with E-state index in [1.54, 1.807) is 0 Å². The highest BCUT2D eigenvalue weighted by Gasteiger charge is 2.46. The van der Waals surface area contributed by atoms with Crippen molar-refractivity contribution in [3.8, 4) is 0 Å². The van der Waals surface area contributed by atoms with Crippen molar-refractivity contribution in [2.45, 2.75) is 66.7 Å². The third-order valence-electron chi connectivity index (χ3n) is 6.74. The van der Waals surface area contributed by atoms with Gasteiger partial charge in [0.15, 0.2) is 0 Å². The molecular weight excluding hydrogens is 362 g/mol. The molecular formula is C24H39N3O2. The number of carbonyl (C=O) groups is 2. The molecule has 0 radical (unpaired) electrons. The first-order valence-electron chi connectivity index (χ1n) is 11.2. The minimum absolute atomic E-state index is 0.0603. The molecule has 1 aromatic rings. The van der Waals surface area contributed by atoms with E-state index in [2.05, 4.69) is 50.8 Å². The summed E-state index contributed by atoms with van der Waals surface area (Å²) in [6.45, 7) is 13.4. The lowest BCUT2D eigenvalue weighted by molar-refractivity contribution is -0.151. The Hall–Kier alpha value is -2.04. The van der Waals surface area contributed by atoms with E-state index in [1.165, 1.54) is 16.8 Å². The zero-order valence-corrected chi connectivity index (χ0v) is 19.0. The summed E-state index contributed by atoms with van der Waals surface area (Å²) >= 11 is 0. The largest absolute Gasteiger partial charge is 0.369 e. The van der Waals surface area contributed by atoms with Crippen LogP contribution >= 0.6 is 0 Å². The first-order valence-corrected chi connectivity index (χ1v) is 11.2. The molecule has 0 saturated carbocycles. The third kappa shape index (κ3) is 5.31. The van der Waals surface area contributed by atoms with Gasteiger partial charge in [-0.25, -0.2) is 0 Å². The van der Waals surface area contributed by atoms with Crippen molar-refractivity contribution < 1.29 is 9.59 Å². The van der Waals surface area contributed by atoms with Gasteiger partial charge in [0.2, 0.25) is 11.8 Å².